The second-order valence-electron chi connectivity index (χ2n) is 13.3. The van der Waals surface area contributed by atoms with Gasteiger partial charge >= 0.3 is 18.1 Å². The number of amides is 2. The molecule has 6 rings (SSSR count). The largest absolute Gasteiger partial charge is 0.459 e. The highest BCUT2D eigenvalue weighted by atomic mass is 19.4. The fraction of sp³-hybridized carbons (Fsp3) is 0.186. The predicted molar refractivity (Wildman–Crippen MR) is 207 cm³/mol. The number of rotatable bonds is 14. The third-order valence-electron chi connectivity index (χ3n) is 8.81. The number of nitrogens with zero attached hydrogens (tertiary/aromatic N) is 5. The molecule has 0 saturated heterocycles. The van der Waals surface area contributed by atoms with Crippen LogP contribution in [-0.2, 0) is 40.1 Å². The van der Waals surface area contributed by atoms with Crippen LogP contribution in [0.15, 0.2) is 121 Å². The Balaban J connectivity index is 1.05. The van der Waals surface area contributed by atoms with Gasteiger partial charge in [0, 0.05) is 26.1 Å². The Morgan fingerprint density at radius 3 is 2.17 bits per heavy atom. The van der Waals surface area contributed by atoms with Gasteiger partial charge in [-0.15, -0.1) is 10.2 Å². The van der Waals surface area contributed by atoms with Crippen molar-refractivity contribution in [2.75, 3.05) is 19.4 Å². The SMILES string of the molecule is CN(C)C(=O)c1cc(CCCC(=O)Oc2ccc(-c3nnn(CC(=O)OCc4ccccc4)n3)cc2)ccc1NC(=O)c1c(-c2ccccc2)cccc1C(F)(F)F. The Kier molecular flexibility index (Phi) is 12.7. The molecule has 0 saturated carbocycles. The van der Waals surface area contributed by atoms with Crippen LogP contribution >= 0.6 is 0 Å². The molecule has 0 aliphatic rings. The number of hydrogen-bond donors (Lipinski definition) is 1. The van der Waals surface area contributed by atoms with Crippen molar-refractivity contribution in [1.82, 2.24) is 25.1 Å². The molecule has 0 radical (unpaired) electrons. The third kappa shape index (κ3) is 10.4. The maximum atomic E-state index is 14.2. The monoisotopic (exact) mass is 790 g/mol. The van der Waals surface area contributed by atoms with Gasteiger partial charge in [-0.1, -0.05) is 78.9 Å². The number of esters is 2. The minimum Gasteiger partial charge on any atom is -0.459 e. The highest BCUT2D eigenvalue weighted by molar-refractivity contribution is 6.12. The predicted octanol–water partition coefficient (Wildman–Crippen LogP) is 7.65. The first-order chi connectivity index (χ1) is 27.9. The average molecular weight is 791 g/mol. The number of ether oxygens (including phenoxy) is 2. The van der Waals surface area contributed by atoms with Crippen molar-refractivity contribution in [3.05, 3.63) is 149 Å². The first-order valence-electron chi connectivity index (χ1n) is 18.1. The number of anilines is 1. The number of tetrazole rings is 1. The van der Waals surface area contributed by atoms with Crippen LogP contribution in [0.5, 0.6) is 5.75 Å². The van der Waals surface area contributed by atoms with Crippen molar-refractivity contribution in [2.24, 2.45) is 0 Å². The number of halogens is 3. The van der Waals surface area contributed by atoms with E-state index < -0.39 is 41.1 Å². The molecule has 0 bridgehead atoms. The van der Waals surface area contributed by atoms with Gasteiger partial charge in [-0.2, -0.15) is 18.0 Å². The molecule has 0 spiro atoms. The zero-order chi connectivity index (χ0) is 41.2. The molecule has 1 heterocycles. The first kappa shape index (κ1) is 40.5. The quantitative estimate of drug-likeness (QED) is 0.0869. The number of alkyl halides is 3. The smallest absolute Gasteiger partial charge is 0.417 e. The second kappa shape index (κ2) is 18.2. The summed E-state index contributed by atoms with van der Waals surface area (Å²) in [4.78, 5) is 54.3. The van der Waals surface area contributed by atoms with Crippen molar-refractivity contribution in [2.45, 2.75) is 38.6 Å². The van der Waals surface area contributed by atoms with E-state index in [-0.39, 0.29) is 48.0 Å². The Morgan fingerprint density at radius 1 is 0.776 bits per heavy atom. The van der Waals surface area contributed by atoms with Crippen molar-refractivity contribution < 1.29 is 41.8 Å². The lowest BCUT2D eigenvalue weighted by atomic mass is 9.94. The number of hydrogen-bond acceptors (Lipinski definition) is 9. The van der Waals surface area contributed by atoms with E-state index in [1.54, 1.807) is 66.7 Å². The number of benzene rings is 5. The Labute approximate surface area is 331 Å². The summed E-state index contributed by atoms with van der Waals surface area (Å²) in [6, 6.07) is 32.1. The van der Waals surface area contributed by atoms with E-state index in [0.29, 0.717) is 29.5 Å². The van der Waals surface area contributed by atoms with E-state index in [4.69, 9.17) is 9.47 Å². The van der Waals surface area contributed by atoms with E-state index in [9.17, 15) is 32.3 Å². The Morgan fingerprint density at radius 2 is 1.48 bits per heavy atom. The fourth-order valence-corrected chi connectivity index (χ4v) is 5.97. The molecule has 0 atom stereocenters. The van der Waals surface area contributed by atoms with Crippen LogP contribution in [0.2, 0.25) is 0 Å². The van der Waals surface area contributed by atoms with Crippen molar-refractivity contribution in [3.8, 4) is 28.3 Å². The van der Waals surface area contributed by atoms with Crippen LogP contribution in [-0.4, -0.2) is 63.0 Å². The van der Waals surface area contributed by atoms with E-state index in [1.165, 1.54) is 37.2 Å². The molecule has 0 aliphatic carbocycles. The Hall–Kier alpha value is -7.16. The van der Waals surface area contributed by atoms with Crippen LogP contribution in [0.4, 0.5) is 18.9 Å². The Bertz CT molecular complexity index is 2400. The lowest BCUT2D eigenvalue weighted by Gasteiger charge is -2.19. The summed E-state index contributed by atoms with van der Waals surface area (Å²) >= 11 is 0. The maximum Gasteiger partial charge on any atom is 0.417 e. The van der Waals surface area contributed by atoms with Gasteiger partial charge < -0.3 is 19.7 Å². The molecule has 0 fully saturated rings. The highest BCUT2D eigenvalue weighted by Gasteiger charge is 2.37. The van der Waals surface area contributed by atoms with Gasteiger partial charge in [0.15, 0.2) is 6.54 Å². The third-order valence-corrected chi connectivity index (χ3v) is 8.81. The van der Waals surface area contributed by atoms with E-state index in [2.05, 4.69) is 20.7 Å². The molecule has 12 nitrogen and oxygen atoms in total. The average Bonchev–Trinajstić information content (AvgIpc) is 3.68. The summed E-state index contributed by atoms with van der Waals surface area (Å²) in [5.41, 5.74) is 1.02. The van der Waals surface area contributed by atoms with Crippen LogP contribution in [0.3, 0.4) is 0 Å². The van der Waals surface area contributed by atoms with Gasteiger partial charge in [0.25, 0.3) is 11.8 Å². The molecule has 0 unspecified atom stereocenters. The molecular weight excluding hydrogens is 754 g/mol. The lowest BCUT2D eigenvalue weighted by molar-refractivity contribution is -0.146. The molecule has 1 N–H and O–H groups in total. The second-order valence-corrected chi connectivity index (χ2v) is 13.3. The fourth-order valence-electron chi connectivity index (χ4n) is 5.97. The van der Waals surface area contributed by atoms with E-state index >= 15 is 0 Å². The van der Waals surface area contributed by atoms with Crippen molar-refractivity contribution in [3.63, 3.8) is 0 Å². The van der Waals surface area contributed by atoms with Gasteiger partial charge in [0.05, 0.1) is 22.4 Å². The van der Waals surface area contributed by atoms with Gasteiger partial charge in [-0.25, -0.2) is 4.79 Å². The molecule has 1 aromatic heterocycles. The lowest BCUT2D eigenvalue weighted by Crippen LogP contribution is -2.25. The zero-order valence-electron chi connectivity index (χ0n) is 31.4. The van der Waals surface area contributed by atoms with Crippen LogP contribution in [0.1, 0.15) is 50.2 Å². The van der Waals surface area contributed by atoms with Crippen LogP contribution in [0, 0.1) is 0 Å². The van der Waals surface area contributed by atoms with E-state index in [0.717, 1.165) is 16.4 Å². The first-order valence-corrected chi connectivity index (χ1v) is 18.1. The minimum atomic E-state index is -4.82. The van der Waals surface area contributed by atoms with Gasteiger partial charge in [-0.3, -0.25) is 14.4 Å². The molecule has 58 heavy (non-hydrogen) atoms. The maximum absolute atomic E-state index is 14.2. The molecule has 6 aromatic rings. The molecule has 15 heteroatoms. The summed E-state index contributed by atoms with van der Waals surface area (Å²) in [7, 11) is 3.03. The number of aromatic nitrogens is 4. The molecule has 296 valence electrons. The number of aryl methyl sites for hydroxylation is 1. The summed E-state index contributed by atoms with van der Waals surface area (Å²) in [5, 5.41) is 14.7. The summed E-state index contributed by atoms with van der Waals surface area (Å²) in [5.74, 6) is -1.99. The van der Waals surface area contributed by atoms with Gasteiger partial charge in [0.1, 0.15) is 12.4 Å². The summed E-state index contributed by atoms with van der Waals surface area (Å²) in [6.45, 7) is -0.0970. The van der Waals surface area contributed by atoms with Gasteiger partial charge in [-0.05, 0) is 82.8 Å². The molecule has 2 amide bonds. The van der Waals surface area contributed by atoms with Crippen molar-refractivity contribution >= 4 is 29.4 Å². The number of carbonyl (C=O) groups is 4. The van der Waals surface area contributed by atoms with Crippen LogP contribution < -0.4 is 10.1 Å². The van der Waals surface area contributed by atoms with Crippen LogP contribution in [0.25, 0.3) is 22.5 Å². The topological polar surface area (TPSA) is 146 Å². The summed E-state index contributed by atoms with van der Waals surface area (Å²) in [6.07, 6.45) is -4.09. The number of carbonyl (C=O) groups excluding carboxylic acids is 4. The normalized spacial score (nSPS) is 11.1. The molecular formula is C43H37F3N6O6. The zero-order valence-corrected chi connectivity index (χ0v) is 31.4. The van der Waals surface area contributed by atoms with Crippen molar-refractivity contribution in [1.29, 1.82) is 0 Å². The number of nitrogens with one attached hydrogen (secondary N) is 1. The van der Waals surface area contributed by atoms with E-state index in [1.807, 2.05) is 30.3 Å². The molecule has 0 aliphatic heterocycles. The van der Waals surface area contributed by atoms with Gasteiger partial charge in [0.2, 0.25) is 5.82 Å². The standard InChI is InChI=1S/C43H37F3N6O6/c1-51(2)42(56)34-25-28(19-24-36(34)47-41(55)39-33(30-14-7-4-8-15-30)16-10-17-35(39)43(44,45)46)13-9-18-37(53)58-32-22-20-31(21-23-32)40-48-50-52(49-40)26-38(54)57-27-29-11-5-3-6-12-29/h3-8,10-12,14-17,19-25H,9,13,18,26-27H2,1-2H3,(H,47,55). The highest BCUT2D eigenvalue weighted by Crippen LogP contribution is 2.37. The summed E-state index contributed by atoms with van der Waals surface area (Å²) < 4.78 is 53.3. The molecule has 5 aromatic carbocycles. The minimum absolute atomic E-state index is 0.0317.